The van der Waals surface area contributed by atoms with Gasteiger partial charge in [-0.1, -0.05) is 12.2 Å². The van der Waals surface area contributed by atoms with E-state index in [1.54, 1.807) is 12.2 Å². The van der Waals surface area contributed by atoms with Crippen molar-refractivity contribution in [3.8, 4) is 0 Å². The molecule has 0 radical (unpaired) electrons. The highest BCUT2D eigenvalue weighted by molar-refractivity contribution is 9.12. The van der Waals surface area contributed by atoms with Crippen LogP contribution in [0.2, 0.25) is 0 Å². The maximum absolute atomic E-state index is 11.0. The summed E-state index contributed by atoms with van der Waals surface area (Å²) in [6.45, 7) is 1.85. The van der Waals surface area contributed by atoms with Crippen LogP contribution in [0.3, 0.4) is 0 Å². The molecule has 1 aliphatic carbocycles. The first-order valence-electron chi connectivity index (χ1n) is 3.40. The second kappa shape index (κ2) is 3.32. The van der Waals surface area contributed by atoms with Gasteiger partial charge < -0.3 is 5.11 Å². The Balaban J connectivity index is 2.96. The number of ketones is 1. The third-order valence-electron chi connectivity index (χ3n) is 1.58. The Bertz CT molecular complexity index is 240. The van der Waals surface area contributed by atoms with Crippen LogP contribution in [0.15, 0.2) is 22.2 Å². The molecule has 0 saturated heterocycles. The van der Waals surface area contributed by atoms with Gasteiger partial charge in [0.2, 0.25) is 0 Å². The summed E-state index contributed by atoms with van der Waals surface area (Å²) in [5.74, 6) is -0.0226. The van der Waals surface area contributed by atoms with Gasteiger partial charge in [-0.15, -0.1) is 0 Å². The summed E-state index contributed by atoms with van der Waals surface area (Å²) < 4.78 is 0.517. The molecule has 0 saturated carbocycles. The number of aliphatic hydroxyl groups excluding tert-OH is 1. The molecule has 0 aliphatic heterocycles. The zero-order chi connectivity index (χ0) is 8.43. The molecule has 0 fully saturated rings. The summed E-state index contributed by atoms with van der Waals surface area (Å²) in [5.41, 5.74) is 0.692. The lowest BCUT2D eigenvalue weighted by Gasteiger charge is -1.99. The second-order valence-electron chi connectivity index (χ2n) is 2.41. The Hall–Kier alpha value is -0.410. The van der Waals surface area contributed by atoms with Gasteiger partial charge in [0.05, 0.1) is 10.6 Å². The van der Waals surface area contributed by atoms with Crippen LogP contribution in [0.4, 0.5) is 0 Å². The molecule has 0 aromatic rings. The summed E-state index contributed by atoms with van der Waals surface area (Å²) in [5, 5.41) is 9.30. The van der Waals surface area contributed by atoms with Crippen molar-refractivity contribution in [2.75, 3.05) is 0 Å². The smallest absolute Gasteiger partial charge is 0.173 e. The standard InChI is InChI=1S/C8H9BrO2/c1-2-3-5-6(10)4-7(11)8(5)9/h2-3,6,10H,4H2,1H3/b3-2+/t6-/m0/s1. The molecule has 0 unspecified atom stereocenters. The van der Waals surface area contributed by atoms with E-state index < -0.39 is 6.10 Å². The van der Waals surface area contributed by atoms with E-state index in [9.17, 15) is 9.90 Å². The Morgan fingerprint density at radius 3 is 2.73 bits per heavy atom. The number of halogens is 1. The Labute approximate surface area is 73.7 Å². The summed E-state index contributed by atoms with van der Waals surface area (Å²) in [6.07, 6.45) is 3.14. The molecule has 1 rings (SSSR count). The van der Waals surface area contributed by atoms with Gasteiger partial charge in [-0.25, -0.2) is 0 Å². The molecule has 1 atom stereocenters. The van der Waals surface area contributed by atoms with Crippen LogP contribution in [0.25, 0.3) is 0 Å². The monoisotopic (exact) mass is 216 g/mol. The van der Waals surface area contributed by atoms with E-state index >= 15 is 0 Å². The summed E-state index contributed by atoms with van der Waals surface area (Å²) in [4.78, 5) is 11.0. The number of carbonyl (C=O) groups is 1. The average molecular weight is 217 g/mol. The molecular weight excluding hydrogens is 208 g/mol. The van der Waals surface area contributed by atoms with E-state index in [0.29, 0.717) is 10.1 Å². The molecular formula is C8H9BrO2. The Morgan fingerprint density at radius 2 is 2.36 bits per heavy atom. The molecule has 1 N–H and O–H groups in total. The topological polar surface area (TPSA) is 37.3 Å². The number of aliphatic hydroxyl groups is 1. The van der Waals surface area contributed by atoms with Crippen LogP contribution in [-0.2, 0) is 4.79 Å². The SMILES string of the molecule is C/C=C/C1=C(Br)C(=O)C[C@@H]1O. The lowest BCUT2D eigenvalue weighted by Crippen LogP contribution is -2.04. The normalized spacial score (nSPS) is 25.7. The maximum Gasteiger partial charge on any atom is 0.173 e. The number of hydrogen-bond acceptors (Lipinski definition) is 2. The highest BCUT2D eigenvalue weighted by atomic mass is 79.9. The van der Waals surface area contributed by atoms with E-state index in [-0.39, 0.29) is 12.2 Å². The Kier molecular flexibility index (Phi) is 2.62. The highest BCUT2D eigenvalue weighted by Gasteiger charge is 2.27. The fraction of sp³-hybridized carbons (Fsp3) is 0.375. The first-order valence-corrected chi connectivity index (χ1v) is 4.19. The van der Waals surface area contributed by atoms with Gasteiger partial charge in [-0.05, 0) is 28.4 Å². The van der Waals surface area contributed by atoms with Crippen LogP contribution < -0.4 is 0 Å². The van der Waals surface area contributed by atoms with Crippen molar-refractivity contribution < 1.29 is 9.90 Å². The van der Waals surface area contributed by atoms with E-state index in [1.807, 2.05) is 6.92 Å². The van der Waals surface area contributed by atoms with E-state index in [4.69, 9.17) is 0 Å². The predicted octanol–water partition coefficient (Wildman–Crippen LogP) is 1.55. The number of rotatable bonds is 1. The van der Waals surface area contributed by atoms with Gasteiger partial charge in [-0.3, -0.25) is 4.79 Å². The number of allylic oxidation sites excluding steroid dienone is 2. The minimum atomic E-state index is -0.618. The largest absolute Gasteiger partial charge is 0.388 e. The van der Waals surface area contributed by atoms with Crippen molar-refractivity contribution in [3.05, 3.63) is 22.2 Å². The number of Topliss-reactive ketones (excluding diaryl/α,β-unsaturated/α-hetero) is 1. The molecule has 0 aromatic heterocycles. The van der Waals surface area contributed by atoms with Crippen molar-refractivity contribution in [2.45, 2.75) is 19.4 Å². The summed E-state index contributed by atoms with van der Waals surface area (Å²) in [6, 6.07) is 0. The van der Waals surface area contributed by atoms with Crippen molar-refractivity contribution >= 4 is 21.7 Å². The van der Waals surface area contributed by atoms with Crippen LogP contribution in [0.1, 0.15) is 13.3 Å². The Morgan fingerprint density at radius 1 is 1.73 bits per heavy atom. The van der Waals surface area contributed by atoms with Gasteiger partial charge >= 0.3 is 0 Å². The van der Waals surface area contributed by atoms with Crippen molar-refractivity contribution in [1.29, 1.82) is 0 Å². The minimum absolute atomic E-state index is 0.0226. The van der Waals surface area contributed by atoms with Gasteiger partial charge in [0, 0.05) is 6.42 Å². The van der Waals surface area contributed by atoms with Gasteiger partial charge in [-0.2, -0.15) is 0 Å². The van der Waals surface area contributed by atoms with Crippen LogP contribution in [0.5, 0.6) is 0 Å². The van der Waals surface area contributed by atoms with Crippen molar-refractivity contribution in [2.24, 2.45) is 0 Å². The summed E-state index contributed by atoms with van der Waals surface area (Å²) >= 11 is 3.13. The molecule has 0 heterocycles. The third-order valence-corrected chi connectivity index (χ3v) is 2.48. The lowest BCUT2D eigenvalue weighted by molar-refractivity contribution is -0.115. The first kappa shape index (κ1) is 8.68. The number of carbonyl (C=O) groups excluding carboxylic acids is 1. The predicted molar refractivity (Wildman–Crippen MR) is 46.4 cm³/mol. The lowest BCUT2D eigenvalue weighted by atomic mass is 10.2. The molecule has 3 heteroatoms. The quantitative estimate of drug-likeness (QED) is 0.723. The van der Waals surface area contributed by atoms with Crippen LogP contribution in [-0.4, -0.2) is 17.0 Å². The fourth-order valence-electron chi connectivity index (χ4n) is 1.05. The highest BCUT2D eigenvalue weighted by Crippen LogP contribution is 2.28. The van der Waals surface area contributed by atoms with Crippen molar-refractivity contribution in [3.63, 3.8) is 0 Å². The van der Waals surface area contributed by atoms with Crippen LogP contribution >= 0.6 is 15.9 Å². The van der Waals surface area contributed by atoms with Crippen LogP contribution in [0, 0.1) is 0 Å². The zero-order valence-corrected chi connectivity index (χ0v) is 7.76. The van der Waals surface area contributed by atoms with Gasteiger partial charge in [0.15, 0.2) is 5.78 Å². The molecule has 11 heavy (non-hydrogen) atoms. The molecule has 0 amide bonds. The molecule has 1 aliphatic rings. The fourth-order valence-corrected chi connectivity index (χ4v) is 1.60. The first-order chi connectivity index (χ1) is 5.16. The molecule has 0 spiro atoms. The molecule has 0 aromatic carbocycles. The van der Waals surface area contributed by atoms with E-state index in [0.717, 1.165) is 0 Å². The average Bonchev–Trinajstić information content (AvgIpc) is 2.17. The molecule has 2 nitrogen and oxygen atoms in total. The van der Waals surface area contributed by atoms with Crippen molar-refractivity contribution in [1.82, 2.24) is 0 Å². The van der Waals surface area contributed by atoms with E-state index in [2.05, 4.69) is 15.9 Å². The third kappa shape index (κ3) is 1.60. The molecule has 60 valence electrons. The minimum Gasteiger partial charge on any atom is -0.388 e. The molecule has 0 bridgehead atoms. The number of hydrogen-bond donors (Lipinski definition) is 1. The second-order valence-corrected chi connectivity index (χ2v) is 3.21. The van der Waals surface area contributed by atoms with Gasteiger partial charge in [0.25, 0.3) is 0 Å². The van der Waals surface area contributed by atoms with Gasteiger partial charge in [0.1, 0.15) is 0 Å². The maximum atomic E-state index is 11.0. The van der Waals surface area contributed by atoms with E-state index in [1.165, 1.54) is 0 Å². The zero-order valence-electron chi connectivity index (χ0n) is 6.17. The summed E-state index contributed by atoms with van der Waals surface area (Å²) in [7, 11) is 0.